The summed E-state index contributed by atoms with van der Waals surface area (Å²) in [6.07, 6.45) is 0.965. The number of morpholine rings is 1. The lowest BCUT2D eigenvalue weighted by atomic mass is 9.86. The van der Waals surface area contributed by atoms with Gasteiger partial charge in [-0.05, 0) is 26.7 Å². The van der Waals surface area contributed by atoms with E-state index in [4.69, 9.17) is 14.6 Å². The molecule has 120 valence electrons. The summed E-state index contributed by atoms with van der Waals surface area (Å²) in [4.78, 5) is 25.3. The number of nitrogens with one attached hydrogen (secondary N) is 1. The highest BCUT2D eigenvalue weighted by atomic mass is 16.5. The van der Waals surface area contributed by atoms with Crippen LogP contribution in [0.4, 0.5) is 4.79 Å². The van der Waals surface area contributed by atoms with Gasteiger partial charge in [0.05, 0.1) is 24.2 Å². The van der Waals surface area contributed by atoms with Gasteiger partial charge in [0.15, 0.2) is 0 Å². The Hall–Kier alpha value is -1.34. The first-order valence-corrected chi connectivity index (χ1v) is 7.42. The van der Waals surface area contributed by atoms with E-state index in [1.807, 2.05) is 13.8 Å². The van der Waals surface area contributed by atoms with E-state index in [-0.39, 0.29) is 24.7 Å². The van der Waals surface area contributed by atoms with Crippen molar-refractivity contribution in [2.75, 3.05) is 26.3 Å². The van der Waals surface area contributed by atoms with Crippen molar-refractivity contribution in [1.29, 1.82) is 0 Å². The molecule has 2 saturated heterocycles. The van der Waals surface area contributed by atoms with Crippen LogP contribution < -0.4 is 5.32 Å². The average Bonchev–Trinajstić information content (AvgIpc) is 2.37. The molecule has 7 heteroatoms. The zero-order valence-electron chi connectivity index (χ0n) is 12.6. The van der Waals surface area contributed by atoms with Crippen LogP contribution in [0.1, 0.15) is 33.1 Å². The summed E-state index contributed by atoms with van der Waals surface area (Å²) in [6.45, 7) is 5.85. The quantitative estimate of drug-likeness (QED) is 0.806. The van der Waals surface area contributed by atoms with Gasteiger partial charge in [-0.2, -0.15) is 0 Å². The van der Waals surface area contributed by atoms with E-state index in [1.54, 1.807) is 4.90 Å². The van der Waals surface area contributed by atoms with Crippen molar-refractivity contribution in [3.05, 3.63) is 0 Å². The highest BCUT2D eigenvalue weighted by molar-refractivity contribution is 5.77. The van der Waals surface area contributed by atoms with Gasteiger partial charge >= 0.3 is 12.0 Å². The van der Waals surface area contributed by atoms with Gasteiger partial charge in [-0.25, -0.2) is 4.79 Å². The number of carbonyl (C=O) groups excluding carboxylic acids is 1. The molecule has 2 amide bonds. The molecule has 7 nitrogen and oxygen atoms in total. The molecule has 0 unspecified atom stereocenters. The van der Waals surface area contributed by atoms with Crippen molar-refractivity contribution in [2.24, 2.45) is 0 Å². The van der Waals surface area contributed by atoms with Crippen LogP contribution in [-0.4, -0.2) is 66.1 Å². The number of carboxylic acids is 1. The molecule has 0 bridgehead atoms. The summed E-state index contributed by atoms with van der Waals surface area (Å²) in [5.41, 5.74) is -0.702. The van der Waals surface area contributed by atoms with E-state index >= 15 is 0 Å². The van der Waals surface area contributed by atoms with Gasteiger partial charge in [-0.1, -0.05) is 0 Å². The van der Waals surface area contributed by atoms with Gasteiger partial charge in [0, 0.05) is 26.3 Å². The molecular weight excluding hydrogens is 276 g/mol. The summed E-state index contributed by atoms with van der Waals surface area (Å²) in [6, 6.07) is -0.208. The largest absolute Gasteiger partial charge is 0.481 e. The minimum absolute atomic E-state index is 0.00962. The first-order valence-electron chi connectivity index (χ1n) is 7.42. The Bertz CT molecular complexity index is 385. The van der Waals surface area contributed by atoms with Crippen LogP contribution in [0.5, 0.6) is 0 Å². The number of rotatable bonds is 3. The molecule has 2 heterocycles. The SMILES string of the molecule is C[C@@H]1CN(C(=O)NC2(CC(=O)O)CCOCC2)C[C@H](C)O1. The number of amides is 2. The molecule has 2 fully saturated rings. The molecule has 0 aliphatic carbocycles. The summed E-state index contributed by atoms with van der Waals surface area (Å²) in [7, 11) is 0. The fourth-order valence-corrected chi connectivity index (χ4v) is 3.05. The van der Waals surface area contributed by atoms with E-state index in [0.29, 0.717) is 39.1 Å². The summed E-state index contributed by atoms with van der Waals surface area (Å²) in [5, 5.41) is 12.1. The van der Waals surface area contributed by atoms with Gasteiger partial charge in [0.1, 0.15) is 0 Å². The third kappa shape index (κ3) is 4.31. The molecule has 0 aromatic carbocycles. The smallest absolute Gasteiger partial charge is 0.318 e. The van der Waals surface area contributed by atoms with Crippen LogP contribution in [0.15, 0.2) is 0 Å². The predicted molar refractivity (Wildman–Crippen MR) is 75.2 cm³/mol. The lowest BCUT2D eigenvalue weighted by Crippen LogP contribution is -2.59. The van der Waals surface area contributed by atoms with Crippen molar-refractivity contribution >= 4 is 12.0 Å². The van der Waals surface area contributed by atoms with Gasteiger partial charge in [-0.3, -0.25) is 4.79 Å². The first kappa shape index (κ1) is 16.0. The standard InChI is InChI=1S/C14H24N2O5/c1-10-8-16(9-11(2)21-10)13(19)15-14(7-12(17)18)3-5-20-6-4-14/h10-11H,3-9H2,1-2H3,(H,15,19)(H,17,18)/t10-,11+. The Labute approximate surface area is 124 Å². The molecule has 0 spiro atoms. The van der Waals surface area contributed by atoms with E-state index in [1.165, 1.54) is 0 Å². The minimum atomic E-state index is -0.902. The number of hydrogen-bond acceptors (Lipinski definition) is 4. The average molecular weight is 300 g/mol. The Morgan fingerprint density at radius 3 is 2.33 bits per heavy atom. The summed E-state index contributed by atoms with van der Waals surface area (Å²) < 4.78 is 10.9. The Balaban J connectivity index is 2.01. The van der Waals surface area contributed by atoms with Gasteiger partial charge in [0.2, 0.25) is 0 Å². The lowest BCUT2D eigenvalue weighted by Gasteiger charge is -2.41. The second-order valence-corrected chi connectivity index (χ2v) is 6.06. The van der Waals surface area contributed by atoms with Crippen molar-refractivity contribution in [1.82, 2.24) is 10.2 Å². The maximum Gasteiger partial charge on any atom is 0.318 e. The zero-order valence-corrected chi connectivity index (χ0v) is 12.6. The number of carbonyl (C=O) groups is 2. The van der Waals surface area contributed by atoms with Crippen molar-refractivity contribution in [3.63, 3.8) is 0 Å². The van der Waals surface area contributed by atoms with Crippen LogP contribution >= 0.6 is 0 Å². The van der Waals surface area contributed by atoms with Gasteiger partial charge < -0.3 is 24.8 Å². The number of hydrogen-bond donors (Lipinski definition) is 2. The van der Waals surface area contributed by atoms with Crippen molar-refractivity contribution < 1.29 is 24.2 Å². The number of aliphatic carboxylic acids is 1. The molecule has 2 atom stereocenters. The van der Waals surface area contributed by atoms with Crippen LogP contribution in [-0.2, 0) is 14.3 Å². The van der Waals surface area contributed by atoms with Crippen molar-refractivity contribution in [2.45, 2.75) is 50.9 Å². The topological polar surface area (TPSA) is 88.1 Å². The Kier molecular flexibility index (Phi) is 5.05. The molecule has 2 aliphatic rings. The molecule has 0 aromatic rings. The highest BCUT2D eigenvalue weighted by Gasteiger charge is 2.38. The maximum atomic E-state index is 12.5. The fraction of sp³-hybridized carbons (Fsp3) is 0.857. The second kappa shape index (κ2) is 6.62. The first-order chi connectivity index (χ1) is 9.90. The van der Waals surface area contributed by atoms with Crippen LogP contribution in [0.3, 0.4) is 0 Å². The number of carboxylic acid groups (broad SMARTS) is 1. The summed E-state index contributed by atoms with van der Waals surface area (Å²) in [5.74, 6) is -0.902. The van der Waals surface area contributed by atoms with Crippen LogP contribution in [0.2, 0.25) is 0 Å². The van der Waals surface area contributed by atoms with E-state index in [0.717, 1.165) is 0 Å². The normalized spacial score (nSPS) is 29.0. The zero-order chi connectivity index (χ0) is 15.5. The maximum absolute atomic E-state index is 12.5. The monoisotopic (exact) mass is 300 g/mol. The molecule has 2 N–H and O–H groups in total. The van der Waals surface area contributed by atoms with Crippen molar-refractivity contribution in [3.8, 4) is 0 Å². The Morgan fingerprint density at radius 1 is 1.24 bits per heavy atom. The molecule has 2 rings (SSSR count). The third-order valence-electron chi connectivity index (χ3n) is 4.02. The van der Waals surface area contributed by atoms with E-state index < -0.39 is 11.5 Å². The molecule has 2 aliphatic heterocycles. The van der Waals surface area contributed by atoms with Gasteiger partial charge in [0.25, 0.3) is 0 Å². The van der Waals surface area contributed by atoms with E-state index in [2.05, 4.69) is 5.32 Å². The second-order valence-electron chi connectivity index (χ2n) is 6.06. The fourth-order valence-electron chi connectivity index (χ4n) is 3.05. The van der Waals surface area contributed by atoms with Crippen LogP contribution in [0.25, 0.3) is 0 Å². The number of nitrogens with zero attached hydrogens (tertiary/aromatic N) is 1. The molecule has 0 radical (unpaired) electrons. The summed E-state index contributed by atoms with van der Waals surface area (Å²) >= 11 is 0. The molecule has 21 heavy (non-hydrogen) atoms. The van der Waals surface area contributed by atoms with E-state index in [9.17, 15) is 9.59 Å². The van der Waals surface area contributed by atoms with Crippen LogP contribution in [0, 0.1) is 0 Å². The van der Waals surface area contributed by atoms with Gasteiger partial charge in [-0.15, -0.1) is 0 Å². The number of urea groups is 1. The molecule has 0 aromatic heterocycles. The minimum Gasteiger partial charge on any atom is -0.481 e. The lowest BCUT2D eigenvalue weighted by molar-refractivity contribution is -0.139. The number of ether oxygens (including phenoxy) is 2. The molecular formula is C14H24N2O5. The predicted octanol–water partition coefficient (Wildman–Crippen LogP) is 0.829. The molecule has 0 saturated carbocycles. The highest BCUT2D eigenvalue weighted by Crippen LogP contribution is 2.25. The Morgan fingerprint density at radius 2 is 1.81 bits per heavy atom. The third-order valence-corrected chi connectivity index (χ3v) is 4.02.